The highest BCUT2D eigenvalue weighted by atomic mass is 16.3. The van der Waals surface area contributed by atoms with Crippen molar-refractivity contribution in [2.45, 2.75) is 39.0 Å². The molecule has 1 amide bonds. The SMILES string of the molecule is CC(NCC(C)(C)O)C(=O)NCc1ccco1. The molecule has 0 aliphatic carbocycles. The third kappa shape index (κ3) is 5.51. The molecule has 3 N–H and O–H groups in total. The molecule has 0 fully saturated rings. The van der Waals surface area contributed by atoms with Crippen molar-refractivity contribution < 1.29 is 14.3 Å². The number of amides is 1. The Morgan fingerprint density at radius 2 is 2.29 bits per heavy atom. The summed E-state index contributed by atoms with van der Waals surface area (Å²) in [5.41, 5.74) is -0.824. The van der Waals surface area contributed by atoms with E-state index in [1.165, 1.54) is 0 Å². The molecule has 96 valence electrons. The van der Waals surface area contributed by atoms with Gasteiger partial charge in [-0.3, -0.25) is 4.79 Å². The van der Waals surface area contributed by atoms with Crippen LogP contribution in [-0.4, -0.2) is 29.2 Å². The molecule has 1 aromatic rings. The molecular formula is C12H20N2O3. The number of rotatable bonds is 6. The van der Waals surface area contributed by atoms with Crippen molar-refractivity contribution in [2.75, 3.05) is 6.54 Å². The monoisotopic (exact) mass is 240 g/mol. The van der Waals surface area contributed by atoms with Crippen LogP contribution in [0.2, 0.25) is 0 Å². The van der Waals surface area contributed by atoms with E-state index in [0.717, 1.165) is 0 Å². The Morgan fingerprint density at radius 1 is 1.59 bits per heavy atom. The lowest BCUT2D eigenvalue weighted by Gasteiger charge is -2.21. The summed E-state index contributed by atoms with van der Waals surface area (Å²) in [7, 11) is 0. The van der Waals surface area contributed by atoms with Crippen LogP contribution >= 0.6 is 0 Å². The van der Waals surface area contributed by atoms with Gasteiger partial charge in [0.2, 0.25) is 5.91 Å². The van der Waals surface area contributed by atoms with Crippen molar-refractivity contribution in [3.8, 4) is 0 Å². The molecule has 0 aliphatic rings. The van der Waals surface area contributed by atoms with Gasteiger partial charge in [0.15, 0.2) is 0 Å². The minimum atomic E-state index is -0.824. The zero-order valence-electron chi connectivity index (χ0n) is 10.5. The molecule has 1 heterocycles. The maximum atomic E-state index is 11.7. The summed E-state index contributed by atoms with van der Waals surface area (Å²) >= 11 is 0. The van der Waals surface area contributed by atoms with Crippen molar-refractivity contribution in [3.05, 3.63) is 24.2 Å². The zero-order valence-corrected chi connectivity index (χ0v) is 10.5. The van der Waals surface area contributed by atoms with Gasteiger partial charge in [-0.15, -0.1) is 0 Å². The number of carbonyl (C=O) groups excluding carboxylic acids is 1. The Morgan fingerprint density at radius 3 is 2.82 bits per heavy atom. The topological polar surface area (TPSA) is 74.5 Å². The molecule has 0 aromatic carbocycles. The minimum absolute atomic E-state index is 0.120. The molecule has 0 radical (unpaired) electrons. The number of furan rings is 1. The molecular weight excluding hydrogens is 220 g/mol. The number of hydrogen-bond acceptors (Lipinski definition) is 4. The second-order valence-corrected chi connectivity index (χ2v) is 4.71. The van der Waals surface area contributed by atoms with E-state index in [1.54, 1.807) is 39.2 Å². The first-order chi connectivity index (χ1) is 7.88. The van der Waals surface area contributed by atoms with Crippen molar-refractivity contribution >= 4 is 5.91 Å². The fraction of sp³-hybridized carbons (Fsp3) is 0.583. The maximum Gasteiger partial charge on any atom is 0.237 e. The third-order valence-corrected chi connectivity index (χ3v) is 2.25. The lowest BCUT2D eigenvalue weighted by molar-refractivity contribution is -0.123. The predicted molar refractivity (Wildman–Crippen MR) is 64.3 cm³/mol. The van der Waals surface area contributed by atoms with Crippen LogP contribution in [0.4, 0.5) is 0 Å². The van der Waals surface area contributed by atoms with E-state index in [0.29, 0.717) is 18.8 Å². The molecule has 5 heteroatoms. The van der Waals surface area contributed by atoms with Crippen molar-refractivity contribution in [2.24, 2.45) is 0 Å². The van der Waals surface area contributed by atoms with Crippen LogP contribution in [0.25, 0.3) is 0 Å². The van der Waals surface area contributed by atoms with Gasteiger partial charge in [0, 0.05) is 6.54 Å². The molecule has 1 atom stereocenters. The molecule has 0 spiro atoms. The van der Waals surface area contributed by atoms with Crippen LogP contribution in [0.15, 0.2) is 22.8 Å². The number of hydrogen-bond donors (Lipinski definition) is 3. The Balaban J connectivity index is 2.27. The zero-order chi connectivity index (χ0) is 12.9. The van der Waals surface area contributed by atoms with E-state index < -0.39 is 5.60 Å². The smallest absolute Gasteiger partial charge is 0.237 e. The summed E-state index contributed by atoms with van der Waals surface area (Å²) in [5.74, 6) is 0.596. The summed E-state index contributed by atoms with van der Waals surface area (Å²) < 4.78 is 5.10. The fourth-order valence-electron chi connectivity index (χ4n) is 1.24. The molecule has 0 bridgehead atoms. The maximum absolute atomic E-state index is 11.7. The number of aliphatic hydroxyl groups is 1. The van der Waals surface area contributed by atoms with Crippen LogP contribution in [0.3, 0.4) is 0 Å². The second-order valence-electron chi connectivity index (χ2n) is 4.71. The summed E-state index contributed by atoms with van der Waals surface area (Å²) in [4.78, 5) is 11.7. The van der Waals surface area contributed by atoms with E-state index in [1.807, 2.05) is 0 Å². The van der Waals surface area contributed by atoms with Crippen LogP contribution in [0.5, 0.6) is 0 Å². The molecule has 1 aromatic heterocycles. The fourth-order valence-corrected chi connectivity index (χ4v) is 1.24. The summed E-state index contributed by atoms with van der Waals surface area (Å²) in [5, 5.41) is 15.2. The summed E-state index contributed by atoms with van der Waals surface area (Å²) in [6, 6.07) is 3.23. The van der Waals surface area contributed by atoms with E-state index >= 15 is 0 Å². The van der Waals surface area contributed by atoms with Crippen molar-refractivity contribution in [1.82, 2.24) is 10.6 Å². The lowest BCUT2D eigenvalue weighted by atomic mass is 10.1. The Hall–Kier alpha value is -1.33. The first-order valence-electron chi connectivity index (χ1n) is 5.64. The van der Waals surface area contributed by atoms with E-state index in [-0.39, 0.29) is 11.9 Å². The minimum Gasteiger partial charge on any atom is -0.467 e. The number of nitrogens with one attached hydrogen (secondary N) is 2. The van der Waals surface area contributed by atoms with Gasteiger partial charge in [-0.1, -0.05) is 0 Å². The van der Waals surface area contributed by atoms with E-state index in [9.17, 15) is 9.90 Å². The largest absolute Gasteiger partial charge is 0.467 e. The van der Waals surface area contributed by atoms with Crippen molar-refractivity contribution in [3.63, 3.8) is 0 Å². The molecule has 0 aliphatic heterocycles. The van der Waals surface area contributed by atoms with E-state index in [2.05, 4.69) is 10.6 Å². The molecule has 1 rings (SSSR count). The number of carbonyl (C=O) groups is 1. The van der Waals surface area contributed by atoms with Gasteiger partial charge in [0.1, 0.15) is 5.76 Å². The van der Waals surface area contributed by atoms with Gasteiger partial charge in [-0.05, 0) is 32.9 Å². The summed E-state index contributed by atoms with van der Waals surface area (Å²) in [6.45, 7) is 5.87. The van der Waals surface area contributed by atoms with Gasteiger partial charge in [0.05, 0.1) is 24.5 Å². The Kier molecular flexibility index (Phi) is 4.72. The van der Waals surface area contributed by atoms with Crippen LogP contribution in [0.1, 0.15) is 26.5 Å². The quantitative estimate of drug-likeness (QED) is 0.682. The van der Waals surface area contributed by atoms with E-state index in [4.69, 9.17) is 4.42 Å². The van der Waals surface area contributed by atoms with Gasteiger partial charge in [-0.25, -0.2) is 0 Å². The lowest BCUT2D eigenvalue weighted by Crippen LogP contribution is -2.46. The van der Waals surface area contributed by atoms with Gasteiger partial charge in [0.25, 0.3) is 0 Å². The molecule has 17 heavy (non-hydrogen) atoms. The molecule has 0 saturated heterocycles. The standard InChI is InChI=1S/C12H20N2O3/c1-9(14-8-12(2,3)16)11(15)13-7-10-5-4-6-17-10/h4-6,9,14,16H,7-8H2,1-3H3,(H,13,15). The van der Waals surface area contributed by atoms with Crippen LogP contribution < -0.4 is 10.6 Å². The van der Waals surface area contributed by atoms with Crippen molar-refractivity contribution in [1.29, 1.82) is 0 Å². The Labute approximate surface area is 101 Å². The van der Waals surface area contributed by atoms with Gasteiger partial charge < -0.3 is 20.2 Å². The van der Waals surface area contributed by atoms with Gasteiger partial charge >= 0.3 is 0 Å². The molecule has 1 unspecified atom stereocenters. The van der Waals surface area contributed by atoms with Crippen LogP contribution in [0, 0.1) is 0 Å². The highest BCUT2D eigenvalue weighted by molar-refractivity contribution is 5.81. The second kappa shape index (κ2) is 5.84. The first-order valence-corrected chi connectivity index (χ1v) is 5.64. The average Bonchev–Trinajstić information content (AvgIpc) is 2.74. The summed E-state index contributed by atoms with van der Waals surface area (Å²) in [6.07, 6.45) is 1.57. The van der Waals surface area contributed by atoms with Gasteiger partial charge in [-0.2, -0.15) is 0 Å². The molecule has 5 nitrogen and oxygen atoms in total. The molecule has 0 saturated carbocycles. The predicted octanol–water partition coefficient (Wildman–Crippen LogP) is 0.645. The highest BCUT2D eigenvalue weighted by Gasteiger charge is 2.17. The normalized spacial score (nSPS) is 13.4. The average molecular weight is 240 g/mol. The highest BCUT2D eigenvalue weighted by Crippen LogP contribution is 2.00. The third-order valence-electron chi connectivity index (χ3n) is 2.25. The van der Waals surface area contributed by atoms with Crippen LogP contribution in [-0.2, 0) is 11.3 Å². The first kappa shape index (κ1) is 13.7. The Bertz CT molecular complexity index is 341.